The van der Waals surface area contributed by atoms with Gasteiger partial charge in [0.1, 0.15) is 0 Å². The zero-order valence-electron chi connectivity index (χ0n) is 10.6. The summed E-state index contributed by atoms with van der Waals surface area (Å²) in [6.45, 7) is 6.31. The number of hydrogen-bond donors (Lipinski definition) is 1. The van der Waals surface area contributed by atoms with E-state index >= 15 is 0 Å². The molecule has 0 spiro atoms. The van der Waals surface area contributed by atoms with Crippen LogP contribution in [0, 0.1) is 6.92 Å². The van der Waals surface area contributed by atoms with Crippen molar-refractivity contribution < 1.29 is 9.90 Å². The first-order valence-electron chi connectivity index (χ1n) is 5.99. The second-order valence-corrected chi connectivity index (χ2v) is 6.51. The van der Waals surface area contributed by atoms with Gasteiger partial charge in [0.25, 0.3) is 5.91 Å². The fraction of sp³-hybridized carbons (Fsp3) is 0.615. The Labute approximate surface area is 106 Å². The topological polar surface area (TPSA) is 40.5 Å². The van der Waals surface area contributed by atoms with Crippen LogP contribution in [0.5, 0.6) is 0 Å². The van der Waals surface area contributed by atoms with Crippen molar-refractivity contribution in [1.82, 2.24) is 4.90 Å². The van der Waals surface area contributed by atoms with E-state index in [0.29, 0.717) is 0 Å². The van der Waals surface area contributed by atoms with E-state index in [4.69, 9.17) is 0 Å². The molecule has 17 heavy (non-hydrogen) atoms. The van der Waals surface area contributed by atoms with E-state index in [1.54, 1.807) is 13.8 Å². The van der Waals surface area contributed by atoms with Gasteiger partial charge in [-0.2, -0.15) is 0 Å². The molecule has 1 saturated heterocycles. The summed E-state index contributed by atoms with van der Waals surface area (Å²) in [5.41, 5.74) is -0.821. The number of aryl methyl sites for hydroxylation is 1. The van der Waals surface area contributed by atoms with Gasteiger partial charge in [0.15, 0.2) is 0 Å². The van der Waals surface area contributed by atoms with Gasteiger partial charge in [0, 0.05) is 11.4 Å². The van der Waals surface area contributed by atoms with Crippen LogP contribution in [0.4, 0.5) is 0 Å². The number of carbonyl (C=O) groups is 1. The quantitative estimate of drug-likeness (QED) is 0.879. The highest BCUT2D eigenvalue weighted by atomic mass is 32.1. The molecule has 94 valence electrons. The van der Waals surface area contributed by atoms with Crippen LogP contribution in [-0.4, -0.2) is 34.1 Å². The summed E-state index contributed by atoms with van der Waals surface area (Å²) < 4.78 is 0. The molecular formula is C13H19NO2S. The molecule has 1 aromatic heterocycles. The lowest BCUT2D eigenvalue weighted by Gasteiger charge is -2.33. The largest absolute Gasteiger partial charge is 0.388 e. The van der Waals surface area contributed by atoms with Crippen molar-refractivity contribution in [3.63, 3.8) is 0 Å². The van der Waals surface area contributed by atoms with Gasteiger partial charge < -0.3 is 10.0 Å². The predicted molar refractivity (Wildman–Crippen MR) is 69.4 cm³/mol. The maximum absolute atomic E-state index is 12.3. The molecule has 1 aliphatic heterocycles. The first kappa shape index (κ1) is 12.6. The van der Waals surface area contributed by atoms with Crippen molar-refractivity contribution in [3.8, 4) is 0 Å². The number of nitrogens with zero attached hydrogens (tertiary/aromatic N) is 1. The highest BCUT2D eigenvalue weighted by Gasteiger charge is 2.38. The molecule has 2 heterocycles. The van der Waals surface area contributed by atoms with Gasteiger partial charge in [-0.1, -0.05) is 0 Å². The van der Waals surface area contributed by atoms with Crippen LogP contribution >= 0.6 is 11.3 Å². The Balaban J connectivity index is 2.19. The van der Waals surface area contributed by atoms with E-state index in [1.165, 1.54) is 11.3 Å². The normalized spacial score (nSPS) is 20.9. The van der Waals surface area contributed by atoms with Crippen molar-refractivity contribution in [2.45, 2.75) is 45.3 Å². The van der Waals surface area contributed by atoms with Gasteiger partial charge in [-0.05, 0) is 45.7 Å². The van der Waals surface area contributed by atoms with Crippen molar-refractivity contribution in [1.29, 1.82) is 0 Å². The van der Waals surface area contributed by atoms with E-state index < -0.39 is 5.60 Å². The molecule has 1 aromatic rings. The summed E-state index contributed by atoms with van der Waals surface area (Å²) in [7, 11) is 0. The zero-order valence-corrected chi connectivity index (χ0v) is 11.4. The number of aliphatic hydroxyl groups is 1. The minimum Gasteiger partial charge on any atom is -0.388 e. The van der Waals surface area contributed by atoms with Crippen LogP contribution in [0.2, 0.25) is 0 Å². The Bertz CT molecular complexity index is 419. The average Bonchev–Trinajstić information content (AvgIpc) is 2.83. The Hall–Kier alpha value is -0.870. The molecule has 4 heteroatoms. The molecule has 0 bridgehead atoms. The first-order chi connectivity index (χ1) is 7.89. The fourth-order valence-corrected chi connectivity index (χ4v) is 3.26. The Morgan fingerprint density at radius 2 is 2.24 bits per heavy atom. The molecule has 1 atom stereocenters. The van der Waals surface area contributed by atoms with Crippen LogP contribution in [0.15, 0.2) is 12.1 Å². The van der Waals surface area contributed by atoms with E-state index in [1.807, 2.05) is 24.0 Å². The summed E-state index contributed by atoms with van der Waals surface area (Å²) in [6, 6.07) is 3.78. The molecular weight excluding hydrogens is 234 g/mol. The summed E-state index contributed by atoms with van der Waals surface area (Å²) in [5, 5.41) is 10.1. The first-order valence-corrected chi connectivity index (χ1v) is 6.81. The third kappa shape index (κ3) is 2.53. The van der Waals surface area contributed by atoms with Crippen LogP contribution < -0.4 is 0 Å². The minimum absolute atomic E-state index is 0.0580. The molecule has 1 unspecified atom stereocenters. The minimum atomic E-state index is -0.821. The number of thiophene rings is 1. The van der Waals surface area contributed by atoms with Crippen molar-refractivity contribution in [2.24, 2.45) is 0 Å². The molecule has 1 amide bonds. The van der Waals surface area contributed by atoms with Crippen LogP contribution in [0.1, 0.15) is 41.2 Å². The van der Waals surface area contributed by atoms with Crippen LogP contribution in [-0.2, 0) is 0 Å². The SMILES string of the molecule is Cc1ccc(C(=O)N2CCCC2C(C)(C)O)s1. The second kappa shape index (κ2) is 4.42. The average molecular weight is 253 g/mol. The zero-order chi connectivity index (χ0) is 12.6. The monoisotopic (exact) mass is 253 g/mol. The Morgan fingerprint density at radius 1 is 1.53 bits per heavy atom. The molecule has 0 aliphatic carbocycles. The third-order valence-corrected chi connectivity index (χ3v) is 4.27. The van der Waals surface area contributed by atoms with E-state index in [9.17, 15) is 9.90 Å². The van der Waals surface area contributed by atoms with Gasteiger partial charge in [0.2, 0.25) is 0 Å². The number of carbonyl (C=O) groups excluding carboxylic acids is 1. The van der Waals surface area contributed by atoms with Crippen molar-refractivity contribution >= 4 is 17.2 Å². The second-order valence-electron chi connectivity index (χ2n) is 5.22. The van der Waals surface area contributed by atoms with Gasteiger partial charge in [-0.15, -0.1) is 11.3 Å². The van der Waals surface area contributed by atoms with Gasteiger partial charge in [0.05, 0.1) is 16.5 Å². The third-order valence-electron chi connectivity index (χ3n) is 3.28. The molecule has 1 fully saturated rings. The van der Waals surface area contributed by atoms with Gasteiger partial charge in [-0.25, -0.2) is 0 Å². The molecule has 1 N–H and O–H groups in total. The maximum Gasteiger partial charge on any atom is 0.264 e. The van der Waals surface area contributed by atoms with Crippen molar-refractivity contribution in [2.75, 3.05) is 6.54 Å². The van der Waals surface area contributed by atoms with E-state index in [-0.39, 0.29) is 11.9 Å². The summed E-state index contributed by atoms with van der Waals surface area (Å²) >= 11 is 1.52. The lowest BCUT2D eigenvalue weighted by Crippen LogP contribution is -2.48. The lowest BCUT2D eigenvalue weighted by molar-refractivity contribution is 0.000520. The smallest absolute Gasteiger partial charge is 0.264 e. The highest BCUT2D eigenvalue weighted by molar-refractivity contribution is 7.13. The van der Waals surface area contributed by atoms with Crippen LogP contribution in [0.3, 0.4) is 0 Å². The van der Waals surface area contributed by atoms with Crippen molar-refractivity contribution in [3.05, 3.63) is 21.9 Å². The fourth-order valence-electron chi connectivity index (χ4n) is 2.44. The number of hydrogen-bond acceptors (Lipinski definition) is 3. The van der Waals surface area contributed by atoms with E-state index in [0.717, 1.165) is 29.1 Å². The molecule has 2 rings (SSSR count). The summed E-state index contributed by atoms with van der Waals surface area (Å²) in [5.74, 6) is 0.0627. The van der Waals surface area contributed by atoms with Crippen LogP contribution in [0.25, 0.3) is 0 Å². The molecule has 0 saturated carbocycles. The van der Waals surface area contributed by atoms with Gasteiger partial charge >= 0.3 is 0 Å². The Kier molecular flexibility index (Phi) is 3.27. The lowest BCUT2D eigenvalue weighted by atomic mass is 9.96. The summed E-state index contributed by atoms with van der Waals surface area (Å²) in [6.07, 6.45) is 1.87. The standard InChI is InChI=1S/C13H19NO2S/c1-9-6-7-10(17-9)12(15)14-8-4-5-11(14)13(2,3)16/h6-7,11,16H,4-5,8H2,1-3H3. The highest BCUT2D eigenvalue weighted by Crippen LogP contribution is 2.29. The summed E-state index contributed by atoms with van der Waals surface area (Å²) in [4.78, 5) is 16.1. The number of amides is 1. The Morgan fingerprint density at radius 3 is 2.76 bits per heavy atom. The molecule has 3 nitrogen and oxygen atoms in total. The number of rotatable bonds is 2. The predicted octanol–water partition coefficient (Wildman–Crippen LogP) is 2.43. The molecule has 1 aliphatic rings. The van der Waals surface area contributed by atoms with E-state index in [2.05, 4.69) is 0 Å². The molecule has 0 aromatic carbocycles. The maximum atomic E-state index is 12.3. The van der Waals surface area contributed by atoms with Gasteiger partial charge in [-0.3, -0.25) is 4.79 Å². The molecule has 0 radical (unpaired) electrons. The number of likely N-dealkylation sites (tertiary alicyclic amines) is 1.